The van der Waals surface area contributed by atoms with Crippen LogP contribution in [0, 0.1) is 18.7 Å². The Morgan fingerprint density at radius 1 is 1.34 bits per heavy atom. The molecule has 1 saturated heterocycles. The second-order valence-corrected chi connectivity index (χ2v) is 9.01. The number of amides is 1. The first-order valence-electron chi connectivity index (χ1n) is 10.2. The van der Waals surface area contributed by atoms with Crippen molar-refractivity contribution in [2.75, 3.05) is 19.7 Å². The minimum absolute atomic E-state index is 0.0376. The molecule has 1 fully saturated rings. The molecule has 2 aromatic rings. The van der Waals surface area contributed by atoms with Gasteiger partial charge in [-0.1, -0.05) is 26.0 Å². The monoisotopic (exact) mass is 420 g/mol. The summed E-state index contributed by atoms with van der Waals surface area (Å²) in [6.45, 7) is 7.29. The van der Waals surface area contributed by atoms with Gasteiger partial charge in [-0.05, 0) is 31.9 Å². The van der Waals surface area contributed by atoms with E-state index in [1.807, 2.05) is 25.7 Å². The van der Waals surface area contributed by atoms with Crippen LogP contribution in [0.2, 0.25) is 0 Å². The van der Waals surface area contributed by atoms with Crippen LogP contribution in [0.5, 0.6) is 5.75 Å². The van der Waals surface area contributed by atoms with Gasteiger partial charge >= 0.3 is 0 Å². The van der Waals surface area contributed by atoms with Gasteiger partial charge in [0, 0.05) is 36.7 Å². The number of benzene rings is 1. The third-order valence-electron chi connectivity index (χ3n) is 5.33. The van der Waals surface area contributed by atoms with E-state index in [-0.39, 0.29) is 23.4 Å². The third-order valence-corrected chi connectivity index (χ3v) is 6.74. The fourth-order valence-corrected chi connectivity index (χ4v) is 4.78. The second kappa shape index (κ2) is 9.22. The Morgan fingerprint density at radius 3 is 2.83 bits per heavy atom. The molecule has 1 aliphatic heterocycles. The number of hydrogen-bond acceptors (Lipinski definition) is 5. The van der Waals surface area contributed by atoms with Crippen molar-refractivity contribution in [1.82, 2.24) is 9.88 Å². The number of aromatic nitrogens is 1. The Labute approximate surface area is 175 Å². The summed E-state index contributed by atoms with van der Waals surface area (Å²) >= 11 is 1.49. The van der Waals surface area contributed by atoms with Crippen LogP contribution in [0.25, 0.3) is 0 Å². The quantitative estimate of drug-likeness (QED) is 0.765. The number of likely N-dealkylation sites (tertiary alicyclic amines) is 1. The van der Waals surface area contributed by atoms with Crippen LogP contribution in [0.4, 0.5) is 4.39 Å². The second-order valence-electron chi connectivity index (χ2n) is 7.92. The van der Waals surface area contributed by atoms with E-state index in [9.17, 15) is 14.3 Å². The SMILES string of the molecule is Cc1nc(C2(O)CCCN(C(=O)C(C)C)CC2)sc1CCOc1ccccc1F. The first kappa shape index (κ1) is 21.7. The number of rotatable bonds is 6. The largest absolute Gasteiger partial charge is 0.490 e. The zero-order valence-corrected chi connectivity index (χ0v) is 18.1. The van der Waals surface area contributed by atoms with Gasteiger partial charge in [-0.25, -0.2) is 9.37 Å². The highest BCUT2D eigenvalue weighted by molar-refractivity contribution is 7.11. The van der Waals surface area contributed by atoms with E-state index >= 15 is 0 Å². The van der Waals surface area contributed by atoms with Crippen LogP contribution < -0.4 is 4.74 Å². The number of aliphatic hydroxyl groups is 1. The lowest BCUT2D eigenvalue weighted by atomic mass is 9.96. The Balaban J connectivity index is 1.64. The van der Waals surface area contributed by atoms with E-state index < -0.39 is 5.60 Å². The molecule has 1 aliphatic rings. The maximum atomic E-state index is 13.7. The van der Waals surface area contributed by atoms with E-state index in [1.165, 1.54) is 17.4 Å². The van der Waals surface area contributed by atoms with Gasteiger partial charge in [0.15, 0.2) is 11.6 Å². The van der Waals surface area contributed by atoms with Crippen LogP contribution in [0.3, 0.4) is 0 Å². The summed E-state index contributed by atoms with van der Waals surface area (Å²) < 4.78 is 19.2. The molecule has 1 aromatic heterocycles. The van der Waals surface area contributed by atoms with Gasteiger partial charge in [0.1, 0.15) is 10.6 Å². The Hall–Kier alpha value is -1.99. The summed E-state index contributed by atoms with van der Waals surface area (Å²) in [5, 5.41) is 12.0. The Morgan fingerprint density at radius 2 is 2.10 bits per heavy atom. The number of nitrogens with zero attached hydrogens (tertiary/aromatic N) is 2. The predicted octanol–water partition coefficient (Wildman–Crippen LogP) is 4.07. The van der Waals surface area contributed by atoms with Gasteiger partial charge in [-0.3, -0.25) is 4.79 Å². The molecule has 3 rings (SSSR count). The molecule has 0 aliphatic carbocycles. The fraction of sp³-hybridized carbons (Fsp3) is 0.545. The number of halogens is 1. The normalized spacial score (nSPS) is 20.0. The summed E-state index contributed by atoms with van der Waals surface area (Å²) in [6, 6.07) is 6.35. The van der Waals surface area contributed by atoms with Crippen molar-refractivity contribution in [2.24, 2.45) is 5.92 Å². The van der Waals surface area contributed by atoms with Crippen LogP contribution in [0.1, 0.15) is 48.7 Å². The van der Waals surface area contributed by atoms with Crippen LogP contribution in [0.15, 0.2) is 24.3 Å². The molecular formula is C22H29FN2O3S. The molecule has 0 radical (unpaired) electrons. The molecule has 1 amide bonds. The summed E-state index contributed by atoms with van der Waals surface area (Å²) in [4.78, 5) is 19.8. The molecule has 1 N–H and O–H groups in total. The van der Waals surface area contributed by atoms with Crippen LogP contribution in [-0.2, 0) is 16.8 Å². The highest BCUT2D eigenvalue weighted by atomic mass is 32.1. The zero-order valence-electron chi connectivity index (χ0n) is 17.3. The van der Waals surface area contributed by atoms with Crippen molar-refractivity contribution in [3.63, 3.8) is 0 Å². The number of carbonyl (C=O) groups excluding carboxylic acids is 1. The topological polar surface area (TPSA) is 62.7 Å². The summed E-state index contributed by atoms with van der Waals surface area (Å²) in [5.74, 6) is -0.0328. The van der Waals surface area contributed by atoms with Gasteiger partial charge in [0.05, 0.1) is 12.3 Å². The average Bonchev–Trinajstić information content (AvgIpc) is 2.94. The highest BCUT2D eigenvalue weighted by Crippen LogP contribution is 2.37. The summed E-state index contributed by atoms with van der Waals surface area (Å²) in [5.41, 5.74) is -0.138. The first-order valence-corrected chi connectivity index (χ1v) is 11.0. The lowest BCUT2D eigenvalue weighted by Crippen LogP contribution is -2.36. The molecule has 0 spiro atoms. The van der Waals surface area contributed by atoms with Crippen LogP contribution in [-0.4, -0.2) is 40.6 Å². The molecule has 0 saturated carbocycles. The smallest absolute Gasteiger partial charge is 0.225 e. The van der Waals surface area contributed by atoms with Gasteiger partial charge in [0.2, 0.25) is 5.91 Å². The number of ether oxygens (including phenoxy) is 1. The first-order chi connectivity index (χ1) is 13.8. The number of para-hydroxylation sites is 1. The molecule has 5 nitrogen and oxygen atoms in total. The van der Waals surface area contributed by atoms with Crippen molar-refractivity contribution < 1.29 is 19.0 Å². The van der Waals surface area contributed by atoms with Crippen molar-refractivity contribution in [2.45, 2.75) is 52.1 Å². The van der Waals surface area contributed by atoms with E-state index in [1.54, 1.807) is 18.2 Å². The van der Waals surface area contributed by atoms with Crippen molar-refractivity contribution in [3.8, 4) is 5.75 Å². The minimum atomic E-state index is -1.01. The molecule has 1 aromatic carbocycles. The number of hydrogen-bond donors (Lipinski definition) is 1. The van der Waals surface area contributed by atoms with E-state index in [0.717, 1.165) is 17.0 Å². The Bertz CT molecular complexity index is 854. The molecule has 7 heteroatoms. The number of thiazole rings is 1. The fourth-order valence-electron chi connectivity index (χ4n) is 3.59. The zero-order chi connectivity index (χ0) is 21.0. The minimum Gasteiger partial charge on any atom is -0.490 e. The molecule has 158 valence electrons. The lowest BCUT2D eigenvalue weighted by Gasteiger charge is -2.25. The molecule has 1 unspecified atom stereocenters. The molecule has 29 heavy (non-hydrogen) atoms. The maximum absolute atomic E-state index is 13.7. The molecule has 1 atom stereocenters. The van der Waals surface area contributed by atoms with Gasteiger partial charge in [-0.15, -0.1) is 11.3 Å². The van der Waals surface area contributed by atoms with Gasteiger partial charge < -0.3 is 14.7 Å². The Kier molecular flexibility index (Phi) is 6.90. The van der Waals surface area contributed by atoms with Crippen molar-refractivity contribution >= 4 is 17.2 Å². The average molecular weight is 421 g/mol. The van der Waals surface area contributed by atoms with Crippen LogP contribution >= 0.6 is 11.3 Å². The van der Waals surface area contributed by atoms with Crippen molar-refractivity contribution in [3.05, 3.63) is 45.7 Å². The predicted molar refractivity (Wildman–Crippen MR) is 112 cm³/mol. The van der Waals surface area contributed by atoms with Gasteiger partial charge in [-0.2, -0.15) is 0 Å². The summed E-state index contributed by atoms with van der Waals surface area (Å²) in [6.07, 6.45) is 2.43. The van der Waals surface area contributed by atoms with E-state index in [2.05, 4.69) is 4.98 Å². The number of carbonyl (C=O) groups is 1. The standard InChI is InChI=1S/C22H29FN2O3S/c1-15(2)20(26)25-12-6-10-22(27,11-13-25)21-24-16(3)19(29-21)9-14-28-18-8-5-4-7-17(18)23/h4-5,7-8,15,27H,6,9-14H2,1-3H3. The lowest BCUT2D eigenvalue weighted by molar-refractivity contribution is -0.134. The molecule has 2 heterocycles. The van der Waals surface area contributed by atoms with E-state index in [0.29, 0.717) is 44.0 Å². The van der Waals surface area contributed by atoms with E-state index in [4.69, 9.17) is 4.74 Å². The summed E-state index contributed by atoms with van der Waals surface area (Å²) in [7, 11) is 0. The molecular weight excluding hydrogens is 391 g/mol. The van der Waals surface area contributed by atoms with Crippen molar-refractivity contribution in [1.29, 1.82) is 0 Å². The van der Waals surface area contributed by atoms with Gasteiger partial charge in [0.25, 0.3) is 0 Å². The maximum Gasteiger partial charge on any atom is 0.225 e. The number of aryl methyl sites for hydroxylation is 1. The molecule has 0 bridgehead atoms. The third kappa shape index (κ3) is 5.14. The highest BCUT2D eigenvalue weighted by Gasteiger charge is 2.36.